The van der Waals surface area contributed by atoms with Gasteiger partial charge in [-0.05, 0) is 56.6 Å². The summed E-state index contributed by atoms with van der Waals surface area (Å²) >= 11 is 0. The van der Waals surface area contributed by atoms with E-state index in [2.05, 4.69) is 90.1 Å². The standard InChI is InChI=1S/C11H16O.C11H16.C10H22/c1-10(12-2)8-9-11-6-4-3-5-7-11;1-3-4-5-11-8-6-10(2)7-9-11;1-4-6-7-8-9-10(3)5-2/h3-7,10H,8-9H2,1-2H3;6-9H,3-5H2,1-2H3;10H,4-9H2,1-3H3. The fourth-order valence-corrected chi connectivity index (χ4v) is 3.39. The van der Waals surface area contributed by atoms with Crippen LogP contribution in [0.15, 0.2) is 54.6 Å². The van der Waals surface area contributed by atoms with E-state index in [1.165, 1.54) is 74.5 Å². The minimum atomic E-state index is 0.366. The number of hydrogen-bond acceptors (Lipinski definition) is 1. The number of unbranched alkanes of at least 4 members (excludes halogenated alkanes) is 4. The molecule has 0 amide bonds. The Balaban J connectivity index is 0.000000468. The smallest absolute Gasteiger partial charge is 0.0546 e. The average Bonchev–Trinajstić information content (AvgIpc) is 2.86. The second-order valence-electron chi connectivity index (χ2n) is 9.52. The highest BCUT2D eigenvalue weighted by atomic mass is 16.5. The highest BCUT2D eigenvalue weighted by molar-refractivity contribution is 5.21. The summed E-state index contributed by atoms with van der Waals surface area (Å²) in [6.45, 7) is 13.4. The largest absolute Gasteiger partial charge is 0.382 e. The van der Waals surface area contributed by atoms with E-state index in [0.29, 0.717) is 6.10 Å². The summed E-state index contributed by atoms with van der Waals surface area (Å²) in [6, 6.07) is 19.3. The van der Waals surface area contributed by atoms with E-state index in [0.717, 1.165) is 18.8 Å². The molecule has 2 aromatic rings. The minimum Gasteiger partial charge on any atom is -0.382 e. The molecular formula is C32H54O. The molecule has 0 aliphatic heterocycles. The van der Waals surface area contributed by atoms with Crippen LogP contribution in [0, 0.1) is 12.8 Å². The zero-order chi connectivity index (χ0) is 24.7. The third-order valence-electron chi connectivity index (χ3n) is 6.27. The van der Waals surface area contributed by atoms with Crippen molar-refractivity contribution >= 4 is 0 Å². The van der Waals surface area contributed by atoms with Crippen molar-refractivity contribution in [1.29, 1.82) is 0 Å². The molecule has 0 spiro atoms. The van der Waals surface area contributed by atoms with Crippen molar-refractivity contribution in [3.05, 3.63) is 71.3 Å². The maximum atomic E-state index is 5.17. The molecule has 2 atom stereocenters. The van der Waals surface area contributed by atoms with Crippen LogP contribution in [0.3, 0.4) is 0 Å². The van der Waals surface area contributed by atoms with E-state index in [9.17, 15) is 0 Å². The molecule has 0 saturated carbocycles. The van der Waals surface area contributed by atoms with Crippen LogP contribution >= 0.6 is 0 Å². The zero-order valence-electron chi connectivity index (χ0n) is 23.0. The molecule has 0 fully saturated rings. The maximum Gasteiger partial charge on any atom is 0.0546 e. The Morgan fingerprint density at radius 2 is 1.27 bits per heavy atom. The van der Waals surface area contributed by atoms with Crippen molar-refractivity contribution < 1.29 is 4.74 Å². The Morgan fingerprint density at radius 1 is 0.667 bits per heavy atom. The third-order valence-corrected chi connectivity index (χ3v) is 6.27. The van der Waals surface area contributed by atoms with E-state index in [1.807, 2.05) is 6.07 Å². The summed E-state index contributed by atoms with van der Waals surface area (Å²) in [5, 5.41) is 0. The highest BCUT2D eigenvalue weighted by Crippen LogP contribution is 2.12. The zero-order valence-corrected chi connectivity index (χ0v) is 23.0. The van der Waals surface area contributed by atoms with Crippen molar-refractivity contribution in [2.45, 2.75) is 118 Å². The van der Waals surface area contributed by atoms with Gasteiger partial charge in [0.05, 0.1) is 6.10 Å². The van der Waals surface area contributed by atoms with E-state index < -0.39 is 0 Å². The van der Waals surface area contributed by atoms with Gasteiger partial charge in [0, 0.05) is 7.11 Å². The van der Waals surface area contributed by atoms with Crippen LogP contribution in [0.4, 0.5) is 0 Å². The second kappa shape index (κ2) is 22.2. The Labute approximate surface area is 207 Å². The molecule has 0 N–H and O–H groups in total. The van der Waals surface area contributed by atoms with Gasteiger partial charge in [0.2, 0.25) is 0 Å². The van der Waals surface area contributed by atoms with Crippen LogP contribution in [0.2, 0.25) is 0 Å². The molecule has 0 aliphatic carbocycles. The maximum absolute atomic E-state index is 5.17. The molecule has 0 bridgehead atoms. The van der Waals surface area contributed by atoms with Gasteiger partial charge in [0.25, 0.3) is 0 Å². The molecule has 0 saturated heterocycles. The fourth-order valence-electron chi connectivity index (χ4n) is 3.39. The Hall–Kier alpha value is -1.60. The molecule has 0 heterocycles. The number of methoxy groups -OCH3 is 1. The molecule has 1 heteroatoms. The first-order valence-electron chi connectivity index (χ1n) is 13.6. The fraction of sp³-hybridized carbons (Fsp3) is 0.625. The van der Waals surface area contributed by atoms with Crippen molar-refractivity contribution in [2.24, 2.45) is 5.92 Å². The predicted molar refractivity (Wildman–Crippen MR) is 149 cm³/mol. The van der Waals surface area contributed by atoms with Crippen LogP contribution in [-0.4, -0.2) is 13.2 Å². The topological polar surface area (TPSA) is 9.23 Å². The summed E-state index contributed by atoms with van der Waals surface area (Å²) < 4.78 is 5.17. The first kappa shape index (κ1) is 31.4. The van der Waals surface area contributed by atoms with Crippen LogP contribution in [0.25, 0.3) is 0 Å². The average molecular weight is 455 g/mol. The van der Waals surface area contributed by atoms with E-state index in [4.69, 9.17) is 4.74 Å². The molecule has 0 aromatic heterocycles. The Morgan fingerprint density at radius 3 is 1.82 bits per heavy atom. The molecular weight excluding hydrogens is 400 g/mol. The molecule has 33 heavy (non-hydrogen) atoms. The summed E-state index contributed by atoms with van der Waals surface area (Å²) in [4.78, 5) is 0. The van der Waals surface area contributed by atoms with Gasteiger partial charge in [-0.1, -0.05) is 133 Å². The van der Waals surface area contributed by atoms with Crippen molar-refractivity contribution in [3.8, 4) is 0 Å². The highest BCUT2D eigenvalue weighted by Gasteiger charge is 1.99. The van der Waals surface area contributed by atoms with Crippen LogP contribution < -0.4 is 0 Å². The number of ether oxygens (including phenoxy) is 1. The molecule has 0 aliphatic rings. The number of hydrogen-bond donors (Lipinski definition) is 0. The summed E-state index contributed by atoms with van der Waals surface area (Å²) in [5.74, 6) is 0.955. The lowest BCUT2D eigenvalue weighted by atomic mass is 10.0. The van der Waals surface area contributed by atoms with E-state index in [-0.39, 0.29) is 0 Å². The van der Waals surface area contributed by atoms with Gasteiger partial charge in [-0.2, -0.15) is 0 Å². The van der Waals surface area contributed by atoms with Gasteiger partial charge < -0.3 is 4.74 Å². The lowest BCUT2D eigenvalue weighted by Crippen LogP contribution is -2.05. The third kappa shape index (κ3) is 19.6. The normalized spacial score (nSPS) is 12.1. The molecule has 2 unspecified atom stereocenters. The van der Waals surface area contributed by atoms with Gasteiger partial charge in [-0.3, -0.25) is 0 Å². The first-order valence-corrected chi connectivity index (χ1v) is 13.6. The lowest BCUT2D eigenvalue weighted by molar-refractivity contribution is 0.111. The van der Waals surface area contributed by atoms with Gasteiger partial charge in [0.15, 0.2) is 0 Å². The molecule has 188 valence electrons. The predicted octanol–water partition coefficient (Wildman–Crippen LogP) is 9.99. The molecule has 0 radical (unpaired) electrons. The summed E-state index contributed by atoms with van der Waals surface area (Å²) in [6.07, 6.45) is 14.9. The molecule has 2 rings (SSSR count). The van der Waals surface area contributed by atoms with Gasteiger partial charge in [-0.25, -0.2) is 0 Å². The lowest BCUT2D eigenvalue weighted by Gasteiger charge is -2.08. The van der Waals surface area contributed by atoms with Gasteiger partial charge in [-0.15, -0.1) is 0 Å². The van der Waals surface area contributed by atoms with Gasteiger partial charge in [0.1, 0.15) is 0 Å². The Kier molecular flexibility index (Phi) is 21.1. The van der Waals surface area contributed by atoms with E-state index in [1.54, 1.807) is 7.11 Å². The van der Waals surface area contributed by atoms with Crippen LogP contribution in [0.1, 0.15) is 109 Å². The Bertz CT molecular complexity index is 631. The van der Waals surface area contributed by atoms with Crippen molar-refractivity contribution in [2.75, 3.05) is 7.11 Å². The first-order chi connectivity index (χ1) is 16.0. The van der Waals surface area contributed by atoms with E-state index >= 15 is 0 Å². The minimum absolute atomic E-state index is 0.366. The summed E-state index contributed by atoms with van der Waals surface area (Å²) in [5.41, 5.74) is 4.21. The SMILES string of the molecule is CCCCCCC(C)CC.CCCCc1ccc(C)cc1.COC(C)CCc1ccccc1. The molecule has 2 aromatic carbocycles. The number of benzene rings is 2. The van der Waals surface area contributed by atoms with Crippen LogP contribution in [-0.2, 0) is 17.6 Å². The van der Waals surface area contributed by atoms with Crippen LogP contribution in [0.5, 0.6) is 0 Å². The molecule has 1 nitrogen and oxygen atoms in total. The second-order valence-corrected chi connectivity index (χ2v) is 9.52. The monoisotopic (exact) mass is 454 g/mol. The number of rotatable bonds is 13. The quantitative estimate of drug-likeness (QED) is 0.273. The van der Waals surface area contributed by atoms with Crippen molar-refractivity contribution in [1.82, 2.24) is 0 Å². The van der Waals surface area contributed by atoms with Crippen molar-refractivity contribution in [3.63, 3.8) is 0 Å². The number of aryl methyl sites for hydroxylation is 3. The summed E-state index contributed by atoms with van der Waals surface area (Å²) in [7, 11) is 1.76. The van der Waals surface area contributed by atoms with Gasteiger partial charge >= 0.3 is 0 Å².